The van der Waals surface area contributed by atoms with Crippen LogP contribution in [0.1, 0.15) is 5.01 Å². The smallest absolute Gasteiger partial charge is 0.144 e. The van der Waals surface area contributed by atoms with Crippen LogP contribution >= 0.6 is 204 Å². The van der Waals surface area contributed by atoms with Crippen molar-refractivity contribution in [1.29, 1.82) is 0 Å². The van der Waals surface area contributed by atoms with Crippen molar-refractivity contribution in [2.75, 3.05) is 10.8 Å². The van der Waals surface area contributed by atoms with Gasteiger partial charge in [0.15, 0.2) is 0 Å². The molecule has 18 rings (SSSR count). The number of thioether (sulfide) groups is 1. The Morgan fingerprint density at radius 1 is 0.267 bits per heavy atom. The second-order valence-electron chi connectivity index (χ2n) is 18.4. The van der Waals surface area contributed by atoms with E-state index >= 15 is 0 Å². The number of aromatic nitrogens is 17. The van der Waals surface area contributed by atoms with Crippen molar-refractivity contribution in [3.05, 3.63) is 114 Å². The molecule has 0 N–H and O–H groups in total. The van der Waals surface area contributed by atoms with E-state index in [0.29, 0.717) is 0 Å². The van der Waals surface area contributed by atoms with Gasteiger partial charge in [-0.3, -0.25) is 0 Å². The molecule has 0 fully saturated rings. The fourth-order valence-electron chi connectivity index (χ4n) is 8.67. The zero-order valence-electron chi connectivity index (χ0n) is 44.1. The topological polar surface area (TPSA) is 222 Å². The fourth-order valence-corrected chi connectivity index (χ4v) is 23.4. The van der Waals surface area contributed by atoms with E-state index in [1.807, 2.05) is 86.2 Å². The van der Waals surface area contributed by atoms with E-state index in [2.05, 4.69) is 37.2 Å². The average Bonchev–Trinajstić information content (AvgIpc) is 3.35. The summed E-state index contributed by atoms with van der Waals surface area (Å²) in [6, 6.07) is 0. The molecular weight excluding hydrogens is 1480 g/mol. The van der Waals surface area contributed by atoms with Gasteiger partial charge in [-0.05, 0) is 5.41 Å². The largest absolute Gasteiger partial charge is 0.312 e. The molecule has 0 amide bonds. The Morgan fingerprint density at radius 2 is 0.500 bits per heavy atom. The van der Waals surface area contributed by atoms with Crippen molar-refractivity contribution < 1.29 is 0 Å². The molecule has 17 aromatic rings. The predicted molar refractivity (Wildman–Crippen MR) is 383 cm³/mol. The van der Waals surface area contributed by atoms with Crippen molar-refractivity contribution in [3.63, 3.8) is 0 Å². The Labute approximate surface area is 578 Å². The van der Waals surface area contributed by atoms with Crippen LogP contribution in [0.4, 0.5) is 5.82 Å². The monoisotopic (exact) mass is 1500 g/mol. The molecule has 0 aliphatic carbocycles. The minimum atomic E-state index is 0.798. The van der Waals surface area contributed by atoms with Gasteiger partial charge >= 0.3 is 0 Å². The van der Waals surface area contributed by atoms with E-state index in [-0.39, 0.29) is 0 Å². The Balaban J connectivity index is 0.494. The number of hydrogen-bond donors (Lipinski definition) is 0. The molecule has 0 saturated heterocycles. The van der Waals surface area contributed by atoms with E-state index in [1.165, 1.54) is 11.3 Å². The molecule has 0 bridgehead atoms. The Morgan fingerprint density at radius 3 is 0.722 bits per heavy atom. The van der Waals surface area contributed by atoms with Crippen molar-refractivity contribution in [2.24, 2.45) is 0 Å². The standard InChI is InChI=1S/C54H21N18S18/c1-2-75-39(55-1)22-3-76-40(57-22)23-4-77-41(58-23)24-5-78-42(59-24)25-6-79-43(60-25)26-7-80-44(61-26)27-8-81-45(62-27)28-9-82-46(63-28)29-10-83-47(64-29)30-11-84-48(65-30)31-12-85-49(66-31)32-13-86-50(67-32)33-14-87-51(68-33)34-15-88-52(69-34)35-16-89-53(70-35)36-17-90-54(71-36)37-18-74-21-72(37)38-19-73-20-56-38/h2-20H,21H2. The first-order chi connectivity index (χ1) is 44.4. The van der Waals surface area contributed by atoms with Crippen molar-refractivity contribution in [3.8, 4) is 161 Å². The van der Waals surface area contributed by atoms with Gasteiger partial charge in [-0.1, -0.05) is 0 Å². The first-order valence-corrected chi connectivity index (χ1v) is 41.7. The number of thiazole rings is 17. The summed E-state index contributed by atoms with van der Waals surface area (Å²) in [5, 5.41) is 49.9. The van der Waals surface area contributed by atoms with Crippen LogP contribution in [0.25, 0.3) is 166 Å². The average molecular weight is 1500 g/mol. The van der Waals surface area contributed by atoms with Gasteiger partial charge in [0.05, 0.1) is 17.1 Å². The fraction of sp³-hybridized carbons (Fsp3) is 0.0185. The van der Waals surface area contributed by atoms with Crippen LogP contribution in [-0.2, 0) is 0 Å². The summed E-state index contributed by atoms with van der Waals surface area (Å²) in [7, 11) is 0. The quantitative estimate of drug-likeness (QED) is 0.0826. The second-order valence-corrected chi connectivity index (χ2v) is 33.7. The molecule has 0 spiro atoms. The molecule has 435 valence electrons. The Hall–Kier alpha value is -6.40. The molecule has 18 heterocycles. The van der Waals surface area contributed by atoms with Gasteiger partial charge in [-0.25, -0.2) is 84.7 Å². The van der Waals surface area contributed by atoms with E-state index in [4.69, 9.17) is 74.8 Å². The summed E-state index contributed by atoms with van der Waals surface area (Å²) >= 11 is 28.2. The molecule has 1 aliphatic rings. The number of rotatable bonds is 17. The van der Waals surface area contributed by atoms with Gasteiger partial charge in [0.1, 0.15) is 178 Å². The molecule has 0 aromatic carbocycles. The van der Waals surface area contributed by atoms with Crippen LogP contribution in [0.2, 0.25) is 0 Å². The lowest BCUT2D eigenvalue weighted by Gasteiger charge is -2.16. The summed E-state index contributed by atoms with van der Waals surface area (Å²) in [6.07, 6.45) is 2.86. The van der Waals surface area contributed by atoms with E-state index in [9.17, 15) is 0 Å². The maximum absolute atomic E-state index is 4.98. The van der Waals surface area contributed by atoms with Gasteiger partial charge in [0.25, 0.3) is 0 Å². The van der Waals surface area contributed by atoms with Crippen LogP contribution in [0.3, 0.4) is 0 Å². The molecule has 1 radical (unpaired) electrons. The first kappa shape index (κ1) is 56.4. The number of hydrogen-bond acceptors (Lipinski definition) is 36. The molecule has 0 unspecified atom stereocenters. The Kier molecular flexibility index (Phi) is 15.0. The van der Waals surface area contributed by atoms with Crippen molar-refractivity contribution in [2.45, 2.75) is 0 Å². The molecule has 36 heteroatoms. The minimum absolute atomic E-state index is 0.798. The summed E-state index contributed by atoms with van der Waals surface area (Å²) in [6.45, 7) is 0. The van der Waals surface area contributed by atoms with Gasteiger partial charge < -0.3 is 4.90 Å². The third kappa shape index (κ3) is 10.9. The maximum atomic E-state index is 4.98. The Bertz CT molecular complexity index is 5420. The van der Waals surface area contributed by atoms with Crippen molar-refractivity contribution >= 4 is 216 Å². The van der Waals surface area contributed by atoms with E-state index in [0.717, 1.165) is 183 Å². The normalized spacial score (nSPS) is 12.6. The third-order valence-electron chi connectivity index (χ3n) is 12.8. The van der Waals surface area contributed by atoms with Gasteiger partial charge in [-0.2, -0.15) is 0 Å². The lowest BCUT2D eigenvalue weighted by atomic mass is 10.4. The van der Waals surface area contributed by atoms with E-state index < -0.39 is 0 Å². The summed E-state index contributed by atoms with van der Waals surface area (Å²) in [4.78, 5) is 85.1. The predicted octanol–water partition coefficient (Wildman–Crippen LogP) is 19.8. The molecule has 1 aliphatic heterocycles. The van der Waals surface area contributed by atoms with Crippen LogP contribution in [0, 0.1) is 6.20 Å². The lowest BCUT2D eigenvalue weighted by Crippen LogP contribution is -2.16. The lowest BCUT2D eigenvalue weighted by molar-refractivity contribution is 1.14. The SMILES string of the molecule is [c]1csc(-c2csc(-c3csc(-c4csc(-c5csc(-c6csc(-c7csc(-c8csc(-c9csc(-c%10csc(-c%11csc(-c%12csc(-c%13csc(-c%14csc(-c%15csc(-c%16csc(C%17=CSCN%17c%17cscn%17)n%16)n%15)n%14)n%13)n%12)n%11)n%10)n9)n8)n7)n6)n5)n4)n3)n2)n1. The zero-order chi connectivity index (χ0) is 59.2. The summed E-state index contributed by atoms with van der Waals surface area (Å²) < 4.78 is 0. The molecular formula is C54H21N18S18. The molecule has 90 heavy (non-hydrogen) atoms. The molecule has 18 nitrogen and oxygen atoms in total. The van der Waals surface area contributed by atoms with Gasteiger partial charge in [0, 0.05) is 91.5 Å². The first-order valence-electron chi connectivity index (χ1n) is 25.6. The maximum Gasteiger partial charge on any atom is 0.144 e. The number of anilines is 1. The van der Waals surface area contributed by atoms with Crippen molar-refractivity contribution in [1.82, 2.24) is 84.7 Å². The second kappa shape index (κ2) is 23.9. The highest BCUT2D eigenvalue weighted by molar-refractivity contribution is 8.02. The van der Waals surface area contributed by atoms with Crippen LogP contribution in [0.5, 0.6) is 0 Å². The molecule has 17 aromatic heterocycles. The van der Waals surface area contributed by atoms with Crippen LogP contribution in [0.15, 0.2) is 102 Å². The number of nitrogens with zero attached hydrogens (tertiary/aromatic N) is 18. The van der Waals surface area contributed by atoms with E-state index in [1.54, 1.807) is 193 Å². The highest BCUT2D eigenvalue weighted by Gasteiger charge is 2.26. The van der Waals surface area contributed by atoms with Crippen LogP contribution in [-0.4, -0.2) is 90.6 Å². The molecule has 0 saturated carbocycles. The highest BCUT2D eigenvalue weighted by atomic mass is 32.2. The third-order valence-corrected chi connectivity index (χ3v) is 27.9. The summed E-state index contributed by atoms with van der Waals surface area (Å²) in [5.41, 5.74) is 15.1. The van der Waals surface area contributed by atoms with Gasteiger partial charge in [-0.15, -0.1) is 204 Å². The zero-order valence-corrected chi connectivity index (χ0v) is 58.8. The highest BCUT2D eigenvalue weighted by Crippen LogP contribution is 2.44. The van der Waals surface area contributed by atoms with Gasteiger partial charge in [0.2, 0.25) is 0 Å². The summed E-state index contributed by atoms with van der Waals surface area (Å²) in [5.74, 6) is 1.77. The minimum Gasteiger partial charge on any atom is -0.312 e. The van der Waals surface area contributed by atoms with Crippen LogP contribution < -0.4 is 4.90 Å². The molecule has 0 atom stereocenters.